The van der Waals surface area contributed by atoms with E-state index in [0.717, 1.165) is 12.1 Å². The second-order valence-corrected chi connectivity index (χ2v) is 3.57. The molecule has 76 valence electrons. The average molecular weight is 266 g/mol. The number of non-ortho nitro benzene ring substituents is 1. The van der Waals surface area contributed by atoms with E-state index < -0.39 is 11.3 Å². The van der Waals surface area contributed by atoms with Crippen molar-refractivity contribution in [3.05, 3.63) is 37.8 Å². The molecule has 1 aromatic carbocycles. The first kappa shape index (κ1) is 11.0. The van der Waals surface area contributed by atoms with Crippen LogP contribution in [-0.4, -0.2) is 4.92 Å². The summed E-state index contributed by atoms with van der Waals surface area (Å²) in [6.07, 6.45) is -2.63. The summed E-state index contributed by atoms with van der Waals surface area (Å²) in [5.74, 6) is 0. The summed E-state index contributed by atoms with van der Waals surface area (Å²) < 4.78 is 24.9. The lowest BCUT2D eigenvalue weighted by Crippen LogP contribution is -1.95. The minimum Gasteiger partial charge on any atom is -0.258 e. The molecule has 0 aliphatic rings. The van der Waals surface area contributed by atoms with Crippen molar-refractivity contribution in [1.29, 1.82) is 0 Å². The van der Waals surface area contributed by atoms with Crippen LogP contribution in [-0.2, 0) is 0 Å². The number of rotatable bonds is 2. The number of nitro groups is 1. The number of hydrogen-bond donors (Lipinski definition) is 0. The van der Waals surface area contributed by atoms with Crippen molar-refractivity contribution in [2.24, 2.45) is 0 Å². The topological polar surface area (TPSA) is 43.1 Å². The molecular formula is C8H6BrF2NO2. The van der Waals surface area contributed by atoms with Gasteiger partial charge in [0.25, 0.3) is 12.1 Å². The van der Waals surface area contributed by atoms with Crippen molar-refractivity contribution in [3.8, 4) is 0 Å². The third-order valence-corrected chi connectivity index (χ3v) is 2.41. The van der Waals surface area contributed by atoms with E-state index >= 15 is 0 Å². The smallest absolute Gasteiger partial charge is 0.258 e. The summed E-state index contributed by atoms with van der Waals surface area (Å²) in [5, 5.41) is 10.4. The molecule has 6 heteroatoms. The molecule has 1 rings (SSSR count). The molecular weight excluding hydrogens is 260 g/mol. The predicted octanol–water partition coefficient (Wildman–Crippen LogP) is 3.60. The van der Waals surface area contributed by atoms with Gasteiger partial charge in [0.15, 0.2) is 0 Å². The first-order chi connectivity index (χ1) is 6.43. The van der Waals surface area contributed by atoms with Gasteiger partial charge >= 0.3 is 0 Å². The van der Waals surface area contributed by atoms with Crippen LogP contribution >= 0.6 is 15.9 Å². The Morgan fingerprint density at radius 3 is 2.43 bits per heavy atom. The first-order valence-electron chi connectivity index (χ1n) is 3.66. The lowest BCUT2D eigenvalue weighted by Gasteiger charge is -2.06. The van der Waals surface area contributed by atoms with E-state index in [1.165, 1.54) is 6.92 Å². The molecule has 0 atom stereocenters. The lowest BCUT2D eigenvalue weighted by atomic mass is 10.1. The van der Waals surface area contributed by atoms with Crippen LogP contribution in [0, 0.1) is 17.0 Å². The van der Waals surface area contributed by atoms with E-state index in [4.69, 9.17) is 0 Å². The number of nitrogens with zero attached hydrogens (tertiary/aromatic N) is 1. The summed E-state index contributed by atoms with van der Waals surface area (Å²) in [4.78, 5) is 9.77. The molecule has 0 heterocycles. The highest BCUT2D eigenvalue weighted by molar-refractivity contribution is 9.10. The number of nitro benzene ring substituents is 1. The second-order valence-electron chi connectivity index (χ2n) is 2.72. The molecule has 0 saturated carbocycles. The highest BCUT2D eigenvalue weighted by Crippen LogP contribution is 2.33. The zero-order valence-electron chi connectivity index (χ0n) is 7.13. The summed E-state index contributed by atoms with van der Waals surface area (Å²) in [5.41, 5.74) is -0.185. The second kappa shape index (κ2) is 4.00. The molecule has 0 aliphatic heterocycles. The Morgan fingerprint density at radius 1 is 1.50 bits per heavy atom. The van der Waals surface area contributed by atoms with Gasteiger partial charge in [-0.1, -0.05) is 15.9 Å². The third kappa shape index (κ3) is 2.06. The van der Waals surface area contributed by atoms with Crippen LogP contribution in [0.25, 0.3) is 0 Å². The van der Waals surface area contributed by atoms with Gasteiger partial charge in [0.2, 0.25) is 0 Å². The fraction of sp³-hybridized carbons (Fsp3) is 0.250. The van der Waals surface area contributed by atoms with E-state index in [1.807, 2.05) is 0 Å². The van der Waals surface area contributed by atoms with Crippen LogP contribution in [0.5, 0.6) is 0 Å². The zero-order valence-corrected chi connectivity index (χ0v) is 8.72. The molecule has 0 unspecified atom stereocenters. The molecule has 1 aromatic rings. The van der Waals surface area contributed by atoms with Gasteiger partial charge in [0.1, 0.15) is 0 Å². The van der Waals surface area contributed by atoms with Crippen LogP contribution in [0.4, 0.5) is 14.5 Å². The minimum absolute atomic E-state index is 0.0687. The standard InChI is InChI=1S/C8H6BrF2NO2/c1-4-2-5(12(13)14)3-6(9)7(4)8(10)11/h2-3,8H,1H3. The Balaban J connectivity index is 3.32. The molecule has 0 amide bonds. The summed E-state index contributed by atoms with van der Waals surface area (Å²) in [7, 11) is 0. The molecule has 14 heavy (non-hydrogen) atoms. The van der Waals surface area contributed by atoms with Gasteiger partial charge in [-0.3, -0.25) is 10.1 Å². The van der Waals surface area contributed by atoms with Crippen molar-refractivity contribution in [3.63, 3.8) is 0 Å². The Kier molecular flexibility index (Phi) is 3.15. The predicted molar refractivity (Wildman–Crippen MR) is 50.5 cm³/mol. The van der Waals surface area contributed by atoms with Crippen LogP contribution in [0.2, 0.25) is 0 Å². The first-order valence-corrected chi connectivity index (χ1v) is 4.45. The normalized spacial score (nSPS) is 10.6. The number of benzene rings is 1. The monoisotopic (exact) mass is 265 g/mol. The fourth-order valence-electron chi connectivity index (χ4n) is 1.12. The van der Waals surface area contributed by atoms with Crippen molar-refractivity contribution >= 4 is 21.6 Å². The number of aryl methyl sites for hydroxylation is 1. The molecule has 0 fully saturated rings. The van der Waals surface area contributed by atoms with E-state index in [-0.39, 0.29) is 21.3 Å². The molecule has 0 N–H and O–H groups in total. The van der Waals surface area contributed by atoms with E-state index in [9.17, 15) is 18.9 Å². The highest BCUT2D eigenvalue weighted by Gasteiger charge is 2.18. The molecule has 0 spiro atoms. The van der Waals surface area contributed by atoms with Crippen molar-refractivity contribution in [1.82, 2.24) is 0 Å². The van der Waals surface area contributed by atoms with Crippen molar-refractivity contribution < 1.29 is 13.7 Å². The maximum Gasteiger partial charge on any atom is 0.270 e. The maximum absolute atomic E-state index is 12.4. The molecule has 0 bridgehead atoms. The average Bonchev–Trinajstić information content (AvgIpc) is 2.01. The molecule has 0 saturated heterocycles. The van der Waals surface area contributed by atoms with Gasteiger partial charge < -0.3 is 0 Å². The Bertz CT molecular complexity index is 359. The van der Waals surface area contributed by atoms with Gasteiger partial charge in [0, 0.05) is 22.2 Å². The van der Waals surface area contributed by atoms with Gasteiger partial charge in [-0.05, 0) is 12.5 Å². The van der Waals surface area contributed by atoms with Crippen LogP contribution in [0.15, 0.2) is 16.6 Å². The summed E-state index contributed by atoms with van der Waals surface area (Å²) >= 11 is 2.88. The van der Waals surface area contributed by atoms with Gasteiger partial charge in [-0.25, -0.2) is 8.78 Å². The largest absolute Gasteiger partial charge is 0.270 e. The highest BCUT2D eigenvalue weighted by atomic mass is 79.9. The summed E-state index contributed by atoms with van der Waals surface area (Å²) in [6.45, 7) is 1.42. The quantitative estimate of drug-likeness (QED) is 0.606. The Morgan fingerprint density at radius 2 is 2.07 bits per heavy atom. The number of hydrogen-bond acceptors (Lipinski definition) is 2. The van der Waals surface area contributed by atoms with E-state index in [1.54, 1.807) is 0 Å². The van der Waals surface area contributed by atoms with Crippen molar-refractivity contribution in [2.75, 3.05) is 0 Å². The Hall–Kier alpha value is -1.04. The van der Waals surface area contributed by atoms with Gasteiger partial charge in [-0.2, -0.15) is 0 Å². The van der Waals surface area contributed by atoms with E-state index in [0.29, 0.717) is 0 Å². The van der Waals surface area contributed by atoms with E-state index in [2.05, 4.69) is 15.9 Å². The molecule has 0 aromatic heterocycles. The number of alkyl halides is 2. The molecule has 0 aliphatic carbocycles. The fourth-order valence-corrected chi connectivity index (χ4v) is 1.84. The van der Waals surface area contributed by atoms with Crippen LogP contribution in [0.1, 0.15) is 17.6 Å². The van der Waals surface area contributed by atoms with Gasteiger partial charge in [0.05, 0.1) is 4.92 Å². The van der Waals surface area contributed by atoms with Gasteiger partial charge in [-0.15, -0.1) is 0 Å². The SMILES string of the molecule is Cc1cc([N+](=O)[O-])cc(Br)c1C(F)F. The van der Waals surface area contributed by atoms with Crippen LogP contribution < -0.4 is 0 Å². The third-order valence-electron chi connectivity index (χ3n) is 1.75. The molecule has 3 nitrogen and oxygen atoms in total. The van der Waals surface area contributed by atoms with Crippen molar-refractivity contribution in [2.45, 2.75) is 13.3 Å². The summed E-state index contributed by atoms with van der Waals surface area (Å²) in [6, 6.07) is 2.21. The number of halogens is 3. The lowest BCUT2D eigenvalue weighted by molar-refractivity contribution is -0.385. The Labute approximate surface area is 87.0 Å². The van der Waals surface area contributed by atoms with Crippen LogP contribution in [0.3, 0.4) is 0 Å². The maximum atomic E-state index is 12.4. The molecule has 0 radical (unpaired) electrons. The minimum atomic E-state index is -2.63. The zero-order chi connectivity index (χ0) is 10.9.